The van der Waals surface area contributed by atoms with Gasteiger partial charge in [0.15, 0.2) is 0 Å². The number of hydrogen-bond donors (Lipinski definition) is 0. The quantitative estimate of drug-likeness (QED) is 0.446. The van der Waals surface area contributed by atoms with Gasteiger partial charge < -0.3 is 14.7 Å². The number of rotatable bonds is 5. The maximum Gasteiger partial charge on any atom is 0.264 e. The zero-order chi connectivity index (χ0) is 27.1. The molecule has 4 heterocycles. The average molecular weight is 548 g/mol. The van der Waals surface area contributed by atoms with Gasteiger partial charge in [0.05, 0.1) is 28.5 Å². The van der Waals surface area contributed by atoms with Gasteiger partial charge in [-0.1, -0.05) is 18.2 Å². The highest BCUT2D eigenvalue weighted by molar-refractivity contribution is 7.09. The van der Waals surface area contributed by atoms with Gasteiger partial charge in [0.1, 0.15) is 10.8 Å². The highest BCUT2D eigenvalue weighted by Crippen LogP contribution is 2.38. The first-order chi connectivity index (χ1) is 18.9. The third-order valence-electron chi connectivity index (χ3n) is 8.09. The van der Waals surface area contributed by atoms with E-state index in [1.165, 1.54) is 22.3 Å². The van der Waals surface area contributed by atoms with Crippen LogP contribution in [0.3, 0.4) is 0 Å². The van der Waals surface area contributed by atoms with Gasteiger partial charge in [-0.05, 0) is 44.0 Å². The minimum absolute atomic E-state index is 0.0863. The van der Waals surface area contributed by atoms with Crippen LogP contribution in [-0.4, -0.2) is 71.8 Å². The van der Waals surface area contributed by atoms with E-state index in [1.54, 1.807) is 24.4 Å². The number of imide groups is 1. The summed E-state index contributed by atoms with van der Waals surface area (Å²) in [5, 5.41) is 2.56. The Bertz CT molecular complexity index is 1400. The van der Waals surface area contributed by atoms with Crippen LogP contribution in [0.15, 0.2) is 54.0 Å². The standard InChI is InChI=1S/C29H30FN5O3S/c1-19(26-31-11-18-39-26)35-28(37)21-5-4-8-24(25(21)29(35)38)32-12-9-20(10-13-32)27(36)34-16-14-33(15-17-34)23-7-3-2-6-22(23)30/h2-8,11,18-20H,9-10,12-17H2,1H3. The second-order valence-corrected chi connectivity index (χ2v) is 11.2. The van der Waals surface area contributed by atoms with Crippen LogP contribution in [0, 0.1) is 11.7 Å². The average Bonchev–Trinajstić information content (AvgIpc) is 3.60. The van der Waals surface area contributed by atoms with Gasteiger partial charge in [-0.2, -0.15) is 0 Å². The van der Waals surface area contributed by atoms with Gasteiger partial charge in [0, 0.05) is 56.8 Å². The van der Waals surface area contributed by atoms with Crippen molar-refractivity contribution in [3.63, 3.8) is 0 Å². The predicted molar refractivity (Wildman–Crippen MR) is 148 cm³/mol. The van der Waals surface area contributed by atoms with Crippen LogP contribution in [0.2, 0.25) is 0 Å². The van der Waals surface area contributed by atoms with Crippen molar-refractivity contribution in [1.82, 2.24) is 14.8 Å². The fraction of sp³-hybridized carbons (Fsp3) is 0.379. The lowest BCUT2D eigenvalue weighted by atomic mass is 9.93. The second-order valence-electron chi connectivity index (χ2n) is 10.3. The van der Waals surface area contributed by atoms with Crippen LogP contribution < -0.4 is 9.80 Å². The van der Waals surface area contributed by atoms with Gasteiger partial charge in [-0.15, -0.1) is 11.3 Å². The van der Waals surface area contributed by atoms with Gasteiger partial charge >= 0.3 is 0 Å². The summed E-state index contributed by atoms with van der Waals surface area (Å²) in [6, 6.07) is 11.7. The number of para-hydroxylation sites is 1. The van der Waals surface area contributed by atoms with Crippen molar-refractivity contribution in [3.8, 4) is 0 Å². The molecule has 3 aliphatic rings. The molecule has 1 aromatic heterocycles. The molecule has 3 amide bonds. The zero-order valence-corrected chi connectivity index (χ0v) is 22.6. The highest BCUT2D eigenvalue weighted by Gasteiger charge is 2.42. The number of thiazole rings is 1. The molecule has 39 heavy (non-hydrogen) atoms. The highest BCUT2D eigenvalue weighted by atomic mass is 32.1. The molecule has 2 saturated heterocycles. The number of carbonyl (C=O) groups is 3. The number of nitrogens with zero attached hydrogens (tertiary/aromatic N) is 5. The molecular weight excluding hydrogens is 517 g/mol. The van der Waals surface area contributed by atoms with E-state index in [-0.39, 0.29) is 29.5 Å². The monoisotopic (exact) mass is 547 g/mol. The molecule has 0 aliphatic carbocycles. The SMILES string of the molecule is CC(c1nccs1)N1C(=O)c2cccc(N3CCC(C(=O)N4CCN(c5ccccc5F)CC4)CC3)c2C1=O. The lowest BCUT2D eigenvalue weighted by molar-refractivity contribution is -0.136. The largest absolute Gasteiger partial charge is 0.371 e. The fourth-order valence-corrected chi connectivity index (χ4v) is 6.64. The third kappa shape index (κ3) is 4.56. The predicted octanol–water partition coefficient (Wildman–Crippen LogP) is 4.20. The molecule has 6 rings (SSSR count). The van der Waals surface area contributed by atoms with Gasteiger partial charge in [0.2, 0.25) is 5.91 Å². The van der Waals surface area contributed by atoms with Crippen LogP contribution in [-0.2, 0) is 4.79 Å². The topological polar surface area (TPSA) is 77.1 Å². The number of aromatic nitrogens is 1. The summed E-state index contributed by atoms with van der Waals surface area (Å²) >= 11 is 1.42. The number of piperazine rings is 1. The summed E-state index contributed by atoms with van der Waals surface area (Å²) in [5.41, 5.74) is 2.21. The lowest BCUT2D eigenvalue weighted by Gasteiger charge is -2.40. The molecule has 2 aromatic carbocycles. The molecule has 2 fully saturated rings. The van der Waals surface area contributed by atoms with Gasteiger partial charge in [-0.25, -0.2) is 9.37 Å². The number of halogens is 1. The number of hydrogen-bond acceptors (Lipinski definition) is 7. The summed E-state index contributed by atoms with van der Waals surface area (Å²) in [5.74, 6) is -0.760. The second kappa shape index (κ2) is 10.4. The molecule has 202 valence electrons. The number of amides is 3. The van der Waals surface area contributed by atoms with Crippen LogP contribution >= 0.6 is 11.3 Å². The Morgan fingerprint density at radius 1 is 0.923 bits per heavy atom. The summed E-state index contributed by atoms with van der Waals surface area (Å²) < 4.78 is 14.2. The van der Waals surface area contributed by atoms with Crippen molar-refractivity contribution >= 4 is 40.4 Å². The van der Waals surface area contributed by atoms with Crippen LogP contribution in [0.5, 0.6) is 0 Å². The maximum atomic E-state index is 14.2. The normalized spacial score (nSPS) is 19.0. The summed E-state index contributed by atoms with van der Waals surface area (Å²) in [6.07, 6.45) is 3.03. The number of fused-ring (bicyclic) bond motifs is 1. The molecule has 0 saturated carbocycles. The Labute approximate surface area is 230 Å². The van der Waals surface area contributed by atoms with E-state index >= 15 is 0 Å². The molecule has 1 unspecified atom stereocenters. The summed E-state index contributed by atoms with van der Waals surface area (Å²) in [6.45, 7) is 5.44. The summed E-state index contributed by atoms with van der Waals surface area (Å²) in [4.78, 5) is 51.7. The maximum absolute atomic E-state index is 14.2. The van der Waals surface area contributed by atoms with Crippen molar-refractivity contribution < 1.29 is 18.8 Å². The van der Waals surface area contributed by atoms with Crippen molar-refractivity contribution in [2.24, 2.45) is 5.92 Å². The zero-order valence-electron chi connectivity index (χ0n) is 21.8. The number of benzene rings is 2. The third-order valence-corrected chi connectivity index (χ3v) is 9.04. The molecule has 3 aromatic rings. The summed E-state index contributed by atoms with van der Waals surface area (Å²) in [7, 11) is 0. The first kappa shape index (κ1) is 25.5. The Hall–Kier alpha value is -3.79. The number of piperidine rings is 1. The van der Waals surface area contributed by atoms with Crippen LogP contribution in [0.1, 0.15) is 51.5 Å². The molecule has 8 nitrogen and oxygen atoms in total. The lowest BCUT2D eigenvalue weighted by Crippen LogP contribution is -2.52. The first-order valence-electron chi connectivity index (χ1n) is 13.4. The van der Waals surface area contributed by atoms with Crippen molar-refractivity contribution in [2.75, 3.05) is 49.1 Å². The molecule has 0 bridgehead atoms. The Morgan fingerprint density at radius 2 is 1.62 bits per heavy atom. The Balaban J connectivity index is 1.10. The molecule has 0 radical (unpaired) electrons. The Morgan fingerprint density at radius 3 is 2.31 bits per heavy atom. The van der Waals surface area contributed by atoms with Crippen LogP contribution in [0.4, 0.5) is 15.8 Å². The van der Waals surface area contributed by atoms with E-state index in [2.05, 4.69) is 9.88 Å². The van der Waals surface area contributed by atoms with Crippen molar-refractivity contribution in [3.05, 3.63) is 76.0 Å². The van der Waals surface area contributed by atoms with Gasteiger partial charge in [0.25, 0.3) is 11.8 Å². The van der Waals surface area contributed by atoms with E-state index in [1.807, 2.05) is 40.3 Å². The first-order valence-corrected chi connectivity index (χ1v) is 14.3. The van der Waals surface area contributed by atoms with E-state index in [0.29, 0.717) is 68.9 Å². The molecule has 10 heteroatoms. The molecule has 0 N–H and O–H groups in total. The fourth-order valence-electron chi connectivity index (χ4n) is 5.95. The van der Waals surface area contributed by atoms with Crippen molar-refractivity contribution in [2.45, 2.75) is 25.8 Å². The van der Waals surface area contributed by atoms with Gasteiger partial charge in [-0.3, -0.25) is 19.3 Å². The Kier molecular flexibility index (Phi) is 6.80. The van der Waals surface area contributed by atoms with E-state index < -0.39 is 6.04 Å². The number of anilines is 2. The molecule has 1 atom stereocenters. The minimum atomic E-state index is -0.438. The van der Waals surface area contributed by atoms with E-state index in [4.69, 9.17) is 0 Å². The van der Waals surface area contributed by atoms with Crippen molar-refractivity contribution in [1.29, 1.82) is 0 Å². The smallest absolute Gasteiger partial charge is 0.264 e. The number of carbonyl (C=O) groups excluding carboxylic acids is 3. The van der Waals surface area contributed by atoms with E-state index in [9.17, 15) is 18.8 Å². The molecular formula is C29H30FN5O3S. The van der Waals surface area contributed by atoms with Crippen LogP contribution in [0.25, 0.3) is 0 Å². The molecule has 3 aliphatic heterocycles. The minimum Gasteiger partial charge on any atom is -0.371 e. The molecule has 0 spiro atoms. The van der Waals surface area contributed by atoms with E-state index in [0.717, 1.165) is 10.7 Å².